The molecule has 36 heavy (non-hydrogen) atoms. The Morgan fingerprint density at radius 3 is 2.81 bits per heavy atom. The van der Waals surface area contributed by atoms with Crippen molar-refractivity contribution in [2.75, 3.05) is 25.6 Å². The van der Waals surface area contributed by atoms with E-state index in [-0.39, 0.29) is 41.9 Å². The van der Waals surface area contributed by atoms with Crippen molar-refractivity contribution < 1.29 is 36.7 Å². The zero-order valence-corrected chi connectivity index (χ0v) is 19.4. The van der Waals surface area contributed by atoms with E-state index in [1.165, 1.54) is 23.9 Å². The van der Waals surface area contributed by atoms with Crippen LogP contribution in [0.5, 0.6) is 0 Å². The van der Waals surface area contributed by atoms with Gasteiger partial charge in [0.15, 0.2) is 0 Å². The summed E-state index contributed by atoms with van der Waals surface area (Å²) in [6.45, 7) is 7.07. The Kier molecular flexibility index (Phi) is 7.01. The number of halogens is 4. The molecule has 1 N–H and O–H groups in total. The van der Waals surface area contributed by atoms with E-state index in [1.54, 1.807) is 0 Å². The first-order valence-corrected chi connectivity index (χ1v) is 11.1. The maximum atomic E-state index is 13.6. The van der Waals surface area contributed by atoms with Gasteiger partial charge in [-0.05, 0) is 37.0 Å². The second kappa shape index (κ2) is 9.87. The van der Waals surface area contributed by atoms with E-state index >= 15 is 0 Å². The van der Waals surface area contributed by atoms with Crippen LogP contribution >= 0.6 is 0 Å². The Morgan fingerprint density at radius 2 is 2.11 bits per heavy atom. The van der Waals surface area contributed by atoms with Gasteiger partial charge in [0.25, 0.3) is 5.91 Å². The Hall–Kier alpha value is -3.50. The number of carbonyl (C=O) groups excluding carboxylic acids is 2. The number of hydrogen-bond acceptors (Lipinski definition) is 5. The molecular formula is C23H23F4N5O4. The Labute approximate surface area is 203 Å². The Bertz CT molecular complexity index is 1220. The molecule has 3 atom stereocenters. The molecule has 1 aromatic heterocycles. The van der Waals surface area contributed by atoms with E-state index in [2.05, 4.69) is 15.3 Å². The summed E-state index contributed by atoms with van der Waals surface area (Å²) in [6, 6.07) is 3.72. The van der Waals surface area contributed by atoms with Crippen LogP contribution in [0.3, 0.4) is 0 Å². The molecule has 2 aliphatic rings. The van der Waals surface area contributed by atoms with Crippen LogP contribution < -0.4 is 5.32 Å². The van der Waals surface area contributed by atoms with E-state index < -0.39 is 43.1 Å². The molecule has 0 fully saturated rings. The Balaban J connectivity index is 1.54. The molecule has 9 nitrogen and oxygen atoms in total. The van der Waals surface area contributed by atoms with E-state index in [0.717, 1.165) is 11.1 Å². The smallest absolute Gasteiger partial charge is 0.369 e. The van der Waals surface area contributed by atoms with Gasteiger partial charge in [0.1, 0.15) is 24.2 Å². The minimum Gasteiger partial charge on any atom is -0.369 e. The molecule has 2 amide bonds. The van der Waals surface area contributed by atoms with Crippen LogP contribution in [0.1, 0.15) is 28.7 Å². The number of rotatable bonds is 5. The molecule has 2 heterocycles. The number of fused-ring (bicyclic) bond motifs is 3. The zero-order chi connectivity index (χ0) is 26.2. The largest absolute Gasteiger partial charge is 0.411 e. The molecule has 1 aliphatic heterocycles. The number of hydroxylamine groups is 2. The minimum absolute atomic E-state index is 0.00348. The summed E-state index contributed by atoms with van der Waals surface area (Å²) >= 11 is 0. The van der Waals surface area contributed by atoms with E-state index in [4.69, 9.17) is 16.1 Å². The summed E-state index contributed by atoms with van der Waals surface area (Å²) in [4.78, 5) is 34.7. The summed E-state index contributed by atoms with van der Waals surface area (Å²) in [5.74, 6) is -2.25. The lowest BCUT2D eigenvalue weighted by Gasteiger charge is -2.28. The standard InChI is InChI=1S/C23H23F4N5O4/c1-12-6-18-16(8-15(12)21(33)29-13-4-5-17(24)19(7-13)28-2)20-22(34)31(3)36-14(9-32(20)30-18)10-35-11-23(25,26)27/h4-5,7,12,14-15H,6,8-11H2,1,3H3,(H,29,33)/t12-,14+,15?/m1/s1. The second-order valence-corrected chi connectivity index (χ2v) is 8.88. The van der Waals surface area contributed by atoms with Crippen LogP contribution in [0, 0.1) is 24.2 Å². The number of benzene rings is 1. The van der Waals surface area contributed by atoms with Gasteiger partial charge in [-0.15, -0.1) is 0 Å². The van der Waals surface area contributed by atoms with Gasteiger partial charge in [0.05, 0.1) is 25.4 Å². The lowest BCUT2D eigenvalue weighted by Crippen LogP contribution is -2.36. The fraction of sp³-hybridized carbons (Fsp3) is 0.478. The highest BCUT2D eigenvalue weighted by Crippen LogP contribution is 2.34. The van der Waals surface area contributed by atoms with Crippen LogP contribution in [0.4, 0.5) is 28.9 Å². The van der Waals surface area contributed by atoms with Gasteiger partial charge in [-0.2, -0.15) is 18.3 Å². The van der Waals surface area contributed by atoms with Crippen LogP contribution in [-0.4, -0.2) is 59.2 Å². The van der Waals surface area contributed by atoms with Crippen LogP contribution in [-0.2, 0) is 33.8 Å². The molecule has 2 aromatic rings. The highest BCUT2D eigenvalue weighted by molar-refractivity contribution is 5.96. The lowest BCUT2D eigenvalue weighted by atomic mass is 9.78. The highest BCUT2D eigenvalue weighted by Gasteiger charge is 2.39. The average Bonchev–Trinajstić information content (AvgIpc) is 3.08. The number of ether oxygens (including phenoxy) is 1. The summed E-state index contributed by atoms with van der Waals surface area (Å²) in [7, 11) is 1.35. The number of nitrogens with one attached hydrogen (secondary N) is 1. The summed E-state index contributed by atoms with van der Waals surface area (Å²) in [5, 5.41) is 8.17. The monoisotopic (exact) mass is 509 g/mol. The number of aromatic nitrogens is 2. The van der Waals surface area contributed by atoms with E-state index in [9.17, 15) is 27.2 Å². The fourth-order valence-corrected chi connectivity index (χ4v) is 4.47. The van der Waals surface area contributed by atoms with E-state index in [0.29, 0.717) is 17.7 Å². The molecule has 4 rings (SSSR count). The molecule has 1 aliphatic carbocycles. The molecule has 1 unspecified atom stereocenters. The maximum Gasteiger partial charge on any atom is 0.411 e. The molecule has 192 valence electrons. The van der Waals surface area contributed by atoms with Gasteiger partial charge in [-0.1, -0.05) is 6.92 Å². The van der Waals surface area contributed by atoms with Crippen molar-refractivity contribution in [1.82, 2.24) is 14.8 Å². The topological polar surface area (TPSA) is 90.0 Å². The van der Waals surface area contributed by atoms with Gasteiger partial charge in [0, 0.05) is 24.2 Å². The SMILES string of the molecule is [C-]#[N+]c1cc(NC(=O)C2Cc3c(nn4c3C(=O)N(C)O[C@H](COCC(F)(F)F)C4)C[C@H]2C)ccc1F. The molecule has 0 bridgehead atoms. The van der Waals surface area contributed by atoms with Crippen molar-refractivity contribution in [2.24, 2.45) is 11.8 Å². The van der Waals surface area contributed by atoms with Gasteiger partial charge >= 0.3 is 6.18 Å². The quantitative estimate of drug-likeness (QED) is 0.492. The first kappa shape index (κ1) is 25.6. The number of anilines is 1. The van der Waals surface area contributed by atoms with Crippen molar-refractivity contribution >= 4 is 23.2 Å². The van der Waals surface area contributed by atoms with Gasteiger partial charge in [0.2, 0.25) is 11.6 Å². The zero-order valence-electron chi connectivity index (χ0n) is 19.4. The van der Waals surface area contributed by atoms with Crippen LogP contribution in [0.25, 0.3) is 4.85 Å². The number of alkyl halides is 3. The predicted molar refractivity (Wildman–Crippen MR) is 117 cm³/mol. The van der Waals surface area contributed by atoms with Crippen LogP contribution in [0.15, 0.2) is 18.2 Å². The summed E-state index contributed by atoms with van der Waals surface area (Å²) < 4.78 is 57.1. The lowest BCUT2D eigenvalue weighted by molar-refractivity contribution is -0.202. The normalized spacial score (nSPS) is 21.9. The van der Waals surface area contributed by atoms with Crippen molar-refractivity contribution in [2.45, 2.75) is 38.6 Å². The third-order valence-corrected chi connectivity index (χ3v) is 6.17. The Morgan fingerprint density at radius 1 is 1.36 bits per heavy atom. The summed E-state index contributed by atoms with van der Waals surface area (Å²) in [5.41, 5.74) is 1.50. The first-order valence-electron chi connectivity index (χ1n) is 11.1. The van der Waals surface area contributed by atoms with Crippen LogP contribution in [0.2, 0.25) is 0 Å². The number of nitrogens with zero attached hydrogens (tertiary/aromatic N) is 4. The molecule has 0 saturated carbocycles. The molecule has 0 radical (unpaired) electrons. The van der Waals surface area contributed by atoms with Gasteiger partial charge in [-0.3, -0.25) is 19.1 Å². The molecule has 0 saturated heterocycles. The van der Waals surface area contributed by atoms with Crippen molar-refractivity contribution in [1.29, 1.82) is 0 Å². The number of carbonyl (C=O) groups is 2. The number of hydrogen-bond donors (Lipinski definition) is 1. The highest BCUT2D eigenvalue weighted by atomic mass is 19.4. The third-order valence-electron chi connectivity index (χ3n) is 6.17. The molecule has 1 aromatic carbocycles. The maximum absolute atomic E-state index is 13.6. The summed E-state index contributed by atoms with van der Waals surface area (Å²) in [6.07, 6.45) is -4.77. The fourth-order valence-electron chi connectivity index (χ4n) is 4.47. The van der Waals surface area contributed by atoms with E-state index in [1.807, 2.05) is 6.92 Å². The van der Waals surface area contributed by atoms with Crippen molar-refractivity contribution in [3.05, 3.63) is 52.4 Å². The molecule has 0 spiro atoms. The van der Waals surface area contributed by atoms with Gasteiger partial charge in [-0.25, -0.2) is 14.3 Å². The average molecular weight is 509 g/mol. The second-order valence-electron chi connectivity index (χ2n) is 8.88. The molecular weight excluding hydrogens is 486 g/mol. The predicted octanol–water partition coefficient (Wildman–Crippen LogP) is 3.53. The van der Waals surface area contributed by atoms with Gasteiger partial charge < -0.3 is 10.1 Å². The molecule has 13 heteroatoms. The van der Waals surface area contributed by atoms with Crippen molar-refractivity contribution in [3.63, 3.8) is 0 Å². The third kappa shape index (κ3) is 5.34. The van der Waals surface area contributed by atoms with Crippen molar-refractivity contribution in [3.8, 4) is 0 Å². The first-order chi connectivity index (χ1) is 17.0. The minimum atomic E-state index is -4.49. The number of amides is 2.